The predicted molar refractivity (Wildman–Crippen MR) is 51.5 cm³/mol. The number of pyridine rings is 1. The van der Waals surface area contributed by atoms with Crippen LogP contribution in [0.1, 0.15) is 17.7 Å². The van der Waals surface area contributed by atoms with Gasteiger partial charge in [0.25, 0.3) is 0 Å². The molecule has 0 amide bonds. The molecule has 0 spiro atoms. The molecule has 0 fully saturated rings. The number of aromatic nitrogens is 1. The first-order chi connectivity index (χ1) is 5.36. The zero-order valence-corrected chi connectivity index (χ0v) is 7.68. The summed E-state index contributed by atoms with van der Waals surface area (Å²) in [6.45, 7) is 0. The maximum Gasteiger partial charge on any atom is 0.0450 e. The molecule has 1 aliphatic carbocycles. The Bertz CT molecular complexity index is 262. The normalized spacial score (nSPS) is 20.9. The highest BCUT2D eigenvalue weighted by Crippen LogP contribution is 2.17. The molecule has 1 atom stereocenters. The molecular weight excluding hydrogens is 172 g/mol. The lowest BCUT2D eigenvalue weighted by Crippen LogP contribution is -2.28. The maximum absolute atomic E-state index is 5.81. The van der Waals surface area contributed by atoms with E-state index in [2.05, 4.69) is 11.1 Å². The summed E-state index contributed by atoms with van der Waals surface area (Å²) >= 11 is 0. The highest BCUT2D eigenvalue weighted by Gasteiger charge is 2.14. The highest BCUT2D eigenvalue weighted by atomic mass is 35.5. The zero-order valence-electron chi connectivity index (χ0n) is 6.86. The van der Waals surface area contributed by atoms with Crippen LogP contribution in [0.5, 0.6) is 0 Å². The van der Waals surface area contributed by atoms with E-state index in [1.54, 1.807) is 0 Å². The standard InChI is InChI=1S/C9H12N2.ClH/c10-8-4-3-7-2-1-5-11-9(7)6-8;/h1-2,5,8H,3-4,6,10H2;1H. The van der Waals surface area contributed by atoms with E-state index in [0.717, 1.165) is 19.3 Å². The van der Waals surface area contributed by atoms with Gasteiger partial charge in [-0.05, 0) is 24.5 Å². The van der Waals surface area contributed by atoms with Crippen molar-refractivity contribution in [3.05, 3.63) is 29.6 Å². The minimum Gasteiger partial charge on any atom is -0.327 e. The monoisotopic (exact) mass is 184 g/mol. The van der Waals surface area contributed by atoms with E-state index in [0.29, 0.717) is 6.04 Å². The topological polar surface area (TPSA) is 38.9 Å². The Kier molecular flexibility index (Phi) is 3.06. The Morgan fingerprint density at radius 3 is 3.17 bits per heavy atom. The number of fused-ring (bicyclic) bond motifs is 1. The third-order valence-electron chi connectivity index (χ3n) is 2.22. The molecule has 1 aromatic rings. The number of halogens is 1. The summed E-state index contributed by atoms with van der Waals surface area (Å²) in [6, 6.07) is 4.47. The van der Waals surface area contributed by atoms with Crippen LogP contribution in [0.25, 0.3) is 0 Å². The average Bonchev–Trinajstić information content (AvgIpc) is 2.04. The van der Waals surface area contributed by atoms with Crippen molar-refractivity contribution >= 4 is 12.4 Å². The van der Waals surface area contributed by atoms with Crippen LogP contribution in [-0.2, 0) is 12.8 Å². The predicted octanol–water partition coefficient (Wildman–Crippen LogP) is 1.32. The molecule has 0 saturated heterocycles. The van der Waals surface area contributed by atoms with Crippen LogP contribution >= 0.6 is 12.4 Å². The van der Waals surface area contributed by atoms with Crippen molar-refractivity contribution in [3.63, 3.8) is 0 Å². The van der Waals surface area contributed by atoms with Crippen LogP contribution in [0.4, 0.5) is 0 Å². The fourth-order valence-corrected chi connectivity index (χ4v) is 1.57. The van der Waals surface area contributed by atoms with Crippen molar-refractivity contribution in [2.75, 3.05) is 0 Å². The minimum atomic E-state index is 0. The van der Waals surface area contributed by atoms with Crippen molar-refractivity contribution < 1.29 is 0 Å². The van der Waals surface area contributed by atoms with E-state index in [1.165, 1.54) is 11.3 Å². The molecule has 3 heteroatoms. The van der Waals surface area contributed by atoms with Gasteiger partial charge in [0.2, 0.25) is 0 Å². The van der Waals surface area contributed by atoms with Gasteiger partial charge in [-0.2, -0.15) is 0 Å². The second-order valence-corrected chi connectivity index (χ2v) is 3.11. The van der Waals surface area contributed by atoms with Crippen molar-refractivity contribution in [2.24, 2.45) is 5.73 Å². The second-order valence-electron chi connectivity index (χ2n) is 3.11. The molecule has 0 aromatic carbocycles. The van der Waals surface area contributed by atoms with Gasteiger partial charge in [-0.25, -0.2) is 0 Å². The SMILES string of the molecule is Cl.NC1CCc2cccnc2C1. The molecule has 1 heterocycles. The van der Waals surface area contributed by atoms with Gasteiger partial charge in [0.05, 0.1) is 0 Å². The molecule has 0 radical (unpaired) electrons. The van der Waals surface area contributed by atoms with Crippen LogP contribution in [0, 0.1) is 0 Å². The molecule has 0 saturated carbocycles. The Hall–Kier alpha value is -0.600. The summed E-state index contributed by atoms with van der Waals surface area (Å²) in [4.78, 5) is 4.29. The molecule has 0 aliphatic heterocycles. The van der Waals surface area contributed by atoms with Crippen molar-refractivity contribution in [2.45, 2.75) is 25.3 Å². The lowest BCUT2D eigenvalue weighted by atomic mass is 9.93. The van der Waals surface area contributed by atoms with E-state index < -0.39 is 0 Å². The minimum absolute atomic E-state index is 0. The van der Waals surface area contributed by atoms with Crippen LogP contribution in [0.3, 0.4) is 0 Å². The fraction of sp³-hybridized carbons (Fsp3) is 0.444. The number of nitrogens with zero attached hydrogens (tertiary/aromatic N) is 1. The molecule has 2 N–H and O–H groups in total. The summed E-state index contributed by atoms with van der Waals surface area (Å²) in [5, 5.41) is 0. The molecule has 66 valence electrons. The lowest BCUT2D eigenvalue weighted by Gasteiger charge is -2.19. The van der Waals surface area contributed by atoms with Gasteiger partial charge >= 0.3 is 0 Å². The summed E-state index contributed by atoms with van der Waals surface area (Å²) in [5.41, 5.74) is 8.39. The van der Waals surface area contributed by atoms with E-state index >= 15 is 0 Å². The molecule has 0 bridgehead atoms. The number of rotatable bonds is 0. The smallest absolute Gasteiger partial charge is 0.0450 e. The van der Waals surface area contributed by atoms with E-state index in [-0.39, 0.29) is 12.4 Å². The third-order valence-corrected chi connectivity index (χ3v) is 2.22. The number of hydrogen-bond acceptors (Lipinski definition) is 2. The van der Waals surface area contributed by atoms with Gasteiger partial charge in [0, 0.05) is 24.4 Å². The molecule has 1 aliphatic rings. The third kappa shape index (κ3) is 1.76. The largest absolute Gasteiger partial charge is 0.327 e. The molecule has 1 aromatic heterocycles. The molecular formula is C9H13ClN2. The highest BCUT2D eigenvalue weighted by molar-refractivity contribution is 5.85. The van der Waals surface area contributed by atoms with Gasteiger partial charge in [0.15, 0.2) is 0 Å². The summed E-state index contributed by atoms with van der Waals surface area (Å²) < 4.78 is 0. The summed E-state index contributed by atoms with van der Waals surface area (Å²) in [7, 11) is 0. The van der Waals surface area contributed by atoms with Gasteiger partial charge in [-0.1, -0.05) is 6.07 Å². The fourth-order valence-electron chi connectivity index (χ4n) is 1.57. The van der Waals surface area contributed by atoms with Gasteiger partial charge < -0.3 is 5.73 Å². The van der Waals surface area contributed by atoms with Crippen LogP contribution in [0.2, 0.25) is 0 Å². The van der Waals surface area contributed by atoms with Crippen LogP contribution in [-0.4, -0.2) is 11.0 Å². The zero-order chi connectivity index (χ0) is 7.68. The lowest BCUT2D eigenvalue weighted by molar-refractivity contribution is 0.565. The van der Waals surface area contributed by atoms with E-state index in [4.69, 9.17) is 5.73 Å². The number of hydrogen-bond donors (Lipinski definition) is 1. The summed E-state index contributed by atoms with van der Waals surface area (Å²) in [6.07, 6.45) is 5.01. The molecule has 2 nitrogen and oxygen atoms in total. The Balaban J connectivity index is 0.000000720. The maximum atomic E-state index is 5.81. The van der Waals surface area contributed by atoms with Crippen molar-refractivity contribution in [1.29, 1.82) is 0 Å². The average molecular weight is 185 g/mol. The molecule has 1 unspecified atom stereocenters. The van der Waals surface area contributed by atoms with Gasteiger partial charge in [-0.3, -0.25) is 4.98 Å². The van der Waals surface area contributed by atoms with Crippen LogP contribution < -0.4 is 5.73 Å². The molecule has 2 rings (SSSR count). The van der Waals surface area contributed by atoms with E-state index in [1.807, 2.05) is 12.3 Å². The second kappa shape index (κ2) is 3.87. The number of aryl methyl sites for hydroxylation is 1. The Labute approximate surface area is 78.6 Å². The first-order valence-electron chi connectivity index (χ1n) is 4.04. The van der Waals surface area contributed by atoms with E-state index in [9.17, 15) is 0 Å². The van der Waals surface area contributed by atoms with Crippen molar-refractivity contribution in [3.8, 4) is 0 Å². The Morgan fingerprint density at radius 2 is 2.33 bits per heavy atom. The summed E-state index contributed by atoms with van der Waals surface area (Å²) in [5.74, 6) is 0. The Morgan fingerprint density at radius 1 is 1.50 bits per heavy atom. The first kappa shape index (κ1) is 9.49. The van der Waals surface area contributed by atoms with Crippen LogP contribution in [0.15, 0.2) is 18.3 Å². The van der Waals surface area contributed by atoms with Crippen molar-refractivity contribution in [1.82, 2.24) is 4.98 Å². The molecule has 12 heavy (non-hydrogen) atoms. The number of nitrogens with two attached hydrogens (primary N) is 1. The van der Waals surface area contributed by atoms with Gasteiger partial charge in [-0.15, -0.1) is 12.4 Å². The quantitative estimate of drug-likeness (QED) is 0.661. The van der Waals surface area contributed by atoms with Gasteiger partial charge in [0.1, 0.15) is 0 Å². The first-order valence-corrected chi connectivity index (χ1v) is 4.04.